The summed E-state index contributed by atoms with van der Waals surface area (Å²) in [4.78, 5) is 25.1. The van der Waals surface area contributed by atoms with Gasteiger partial charge in [-0.1, -0.05) is 48.5 Å². The zero-order valence-corrected chi connectivity index (χ0v) is 12.9. The minimum Gasteiger partial charge on any atom is -0.425 e. The van der Waals surface area contributed by atoms with Gasteiger partial charge in [0.1, 0.15) is 0 Å². The topological polar surface area (TPSA) is 43.4 Å². The van der Waals surface area contributed by atoms with Crippen molar-refractivity contribution in [2.24, 2.45) is 0 Å². The van der Waals surface area contributed by atoms with Crippen molar-refractivity contribution in [1.29, 1.82) is 0 Å². The van der Waals surface area contributed by atoms with Crippen LogP contribution in [0.2, 0.25) is 0 Å². The highest BCUT2D eigenvalue weighted by Crippen LogP contribution is 2.38. The molecule has 0 aromatic heterocycles. The minimum absolute atomic E-state index is 0.0383. The van der Waals surface area contributed by atoms with Gasteiger partial charge in [0.05, 0.1) is 11.3 Å². The molecular formula is C18H14O3S. The Morgan fingerprint density at radius 2 is 1.73 bits per heavy atom. The maximum atomic E-state index is 12.6. The average molecular weight is 310 g/mol. The van der Waals surface area contributed by atoms with Crippen LogP contribution in [0, 0.1) is 0 Å². The number of ketones is 1. The van der Waals surface area contributed by atoms with Crippen molar-refractivity contribution >= 4 is 34.8 Å². The van der Waals surface area contributed by atoms with Crippen LogP contribution < -0.4 is 0 Å². The summed E-state index contributed by atoms with van der Waals surface area (Å²) in [6, 6.07) is 16.9. The molecule has 2 aromatic carbocycles. The third kappa shape index (κ3) is 2.83. The summed E-state index contributed by atoms with van der Waals surface area (Å²) in [5.74, 6) is 0.206. The second-order valence-electron chi connectivity index (χ2n) is 4.87. The van der Waals surface area contributed by atoms with Crippen LogP contribution in [0.25, 0.3) is 11.3 Å². The van der Waals surface area contributed by atoms with Crippen molar-refractivity contribution in [1.82, 2.24) is 0 Å². The molecule has 0 N–H and O–H groups in total. The Kier molecular flexibility index (Phi) is 4.11. The van der Waals surface area contributed by atoms with E-state index in [0.29, 0.717) is 17.1 Å². The fourth-order valence-electron chi connectivity index (χ4n) is 2.40. The second kappa shape index (κ2) is 6.20. The Hall–Kier alpha value is -2.33. The summed E-state index contributed by atoms with van der Waals surface area (Å²) in [6.07, 6.45) is 0. The predicted octanol–water partition coefficient (Wildman–Crippen LogP) is 3.79. The number of hydrogen-bond acceptors (Lipinski definition) is 4. The molecule has 0 bridgehead atoms. The van der Waals surface area contributed by atoms with E-state index in [4.69, 9.17) is 4.74 Å². The van der Waals surface area contributed by atoms with Gasteiger partial charge in [-0.25, -0.2) is 0 Å². The number of rotatable bonds is 2. The van der Waals surface area contributed by atoms with E-state index in [1.165, 1.54) is 18.7 Å². The number of thioether (sulfide) groups is 1. The zero-order valence-electron chi connectivity index (χ0n) is 12.0. The summed E-state index contributed by atoms with van der Waals surface area (Å²) < 4.78 is 5.44. The lowest BCUT2D eigenvalue weighted by Gasteiger charge is -2.13. The van der Waals surface area contributed by atoms with E-state index in [0.717, 1.165) is 16.0 Å². The molecule has 22 heavy (non-hydrogen) atoms. The van der Waals surface area contributed by atoms with E-state index in [-0.39, 0.29) is 5.78 Å². The van der Waals surface area contributed by atoms with Gasteiger partial charge in [0.25, 0.3) is 0 Å². The zero-order chi connectivity index (χ0) is 15.5. The van der Waals surface area contributed by atoms with Crippen LogP contribution in [-0.2, 0) is 14.3 Å². The van der Waals surface area contributed by atoms with Crippen molar-refractivity contribution in [3.05, 3.63) is 65.7 Å². The number of allylic oxidation sites excluding steroid dienone is 1. The van der Waals surface area contributed by atoms with Gasteiger partial charge in [0, 0.05) is 17.4 Å². The first kappa shape index (κ1) is 14.6. The first-order chi connectivity index (χ1) is 10.7. The van der Waals surface area contributed by atoms with Crippen LogP contribution in [0.3, 0.4) is 0 Å². The molecule has 3 nitrogen and oxygen atoms in total. The standard InChI is InChI=1S/C18H14O3S/c1-12(19)21-18-14-9-5-6-10-16(14)22-11-15(20)17(18)13-7-3-2-4-8-13/h2-10H,11H2,1H3. The van der Waals surface area contributed by atoms with Crippen molar-refractivity contribution in [2.75, 3.05) is 5.75 Å². The van der Waals surface area contributed by atoms with Gasteiger partial charge in [-0.05, 0) is 11.6 Å². The molecule has 1 heterocycles. The minimum atomic E-state index is -0.432. The lowest BCUT2D eigenvalue weighted by molar-refractivity contribution is -0.134. The van der Waals surface area contributed by atoms with Crippen LogP contribution in [0.5, 0.6) is 0 Å². The highest BCUT2D eigenvalue weighted by Gasteiger charge is 2.26. The fraction of sp³-hybridized carbons (Fsp3) is 0.111. The molecule has 110 valence electrons. The maximum absolute atomic E-state index is 12.6. The maximum Gasteiger partial charge on any atom is 0.308 e. The molecule has 0 unspecified atom stereocenters. The normalized spacial score (nSPS) is 14.3. The van der Waals surface area contributed by atoms with Crippen LogP contribution >= 0.6 is 11.8 Å². The van der Waals surface area contributed by atoms with Gasteiger partial charge < -0.3 is 4.74 Å². The third-order valence-electron chi connectivity index (χ3n) is 3.30. The van der Waals surface area contributed by atoms with E-state index in [1.807, 2.05) is 54.6 Å². The second-order valence-corrected chi connectivity index (χ2v) is 5.89. The Labute approximate surface area is 133 Å². The molecule has 0 amide bonds. The van der Waals surface area contributed by atoms with E-state index < -0.39 is 5.97 Å². The van der Waals surface area contributed by atoms with Gasteiger partial charge >= 0.3 is 5.97 Å². The first-order valence-corrected chi connectivity index (χ1v) is 7.89. The molecule has 0 atom stereocenters. The SMILES string of the molecule is CC(=O)OC1=C(c2ccccc2)C(=O)CSc2ccccc21. The summed E-state index contributed by atoms with van der Waals surface area (Å²) >= 11 is 1.46. The number of ether oxygens (including phenoxy) is 1. The number of Topliss-reactive ketones (excluding diaryl/α,β-unsaturated/α-hetero) is 1. The largest absolute Gasteiger partial charge is 0.425 e. The molecule has 1 aliphatic rings. The Balaban J connectivity index is 2.28. The Morgan fingerprint density at radius 3 is 2.45 bits per heavy atom. The molecule has 0 spiro atoms. The van der Waals surface area contributed by atoms with E-state index in [1.54, 1.807) is 0 Å². The van der Waals surface area contributed by atoms with E-state index in [9.17, 15) is 9.59 Å². The van der Waals surface area contributed by atoms with E-state index >= 15 is 0 Å². The highest BCUT2D eigenvalue weighted by molar-refractivity contribution is 8.00. The summed E-state index contributed by atoms with van der Waals surface area (Å²) in [5, 5.41) is 0. The Bertz CT molecular complexity index is 763. The number of carbonyl (C=O) groups is 2. The lowest BCUT2D eigenvalue weighted by atomic mass is 9.98. The molecule has 2 aromatic rings. The number of benzene rings is 2. The van der Waals surface area contributed by atoms with Gasteiger partial charge in [-0.15, -0.1) is 11.8 Å². The molecule has 4 heteroatoms. The Morgan fingerprint density at radius 1 is 1.05 bits per heavy atom. The van der Waals surface area contributed by atoms with Crippen molar-refractivity contribution in [3.63, 3.8) is 0 Å². The average Bonchev–Trinajstić information content (AvgIpc) is 2.66. The van der Waals surface area contributed by atoms with Crippen molar-refractivity contribution < 1.29 is 14.3 Å². The number of hydrogen-bond donors (Lipinski definition) is 0. The van der Waals surface area contributed by atoms with Gasteiger partial charge in [0.15, 0.2) is 11.5 Å². The summed E-state index contributed by atoms with van der Waals surface area (Å²) in [7, 11) is 0. The number of carbonyl (C=O) groups excluding carboxylic acids is 2. The highest BCUT2D eigenvalue weighted by atomic mass is 32.2. The smallest absolute Gasteiger partial charge is 0.308 e. The van der Waals surface area contributed by atoms with Crippen molar-refractivity contribution in [2.45, 2.75) is 11.8 Å². The van der Waals surface area contributed by atoms with E-state index in [2.05, 4.69) is 0 Å². The summed E-state index contributed by atoms with van der Waals surface area (Å²) in [5.41, 5.74) is 2.02. The monoisotopic (exact) mass is 310 g/mol. The van der Waals surface area contributed by atoms with Gasteiger partial charge in [-0.3, -0.25) is 9.59 Å². The molecular weight excluding hydrogens is 296 g/mol. The molecule has 1 aliphatic heterocycles. The molecule has 0 radical (unpaired) electrons. The number of fused-ring (bicyclic) bond motifs is 1. The molecule has 0 saturated carbocycles. The van der Waals surface area contributed by atoms with Crippen LogP contribution in [0.4, 0.5) is 0 Å². The fourth-order valence-corrected chi connectivity index (χ4v) is 3.33. The van der Waals surface area contributed by atoms with Crippen LogP contribution in [0.15, 0.2) is 59.5 Å². The molecule has 0 aliphatic carbocycles. The van der Waals surface area contributed by atoms with Crippen LogP contribution in [-0.4, -0.2) is 17.5 Å². The summed E-state index contributed by atoms with van der Waals surface area (Å²) in [6.45, 7) is 1.35. The molecule has 0 saturated heterocycles. The predicted molar refractivity (Wildman–Crippen MR) is 87.2 cm³/mol. The van der Waals surface area contributed by atoms with Gasteiger partial charge in [0.2, 0.25) is 0 Å². The van der Waals surface area contributed by atoms with Crippen LogP contribution in [0.1, 0.15) is 18.1 Å². The van der Waals surface area contributed by atoms with Crippen molar-refractivity contribution in [3.8, 4) is 0 Å². The lowest BCUT2D eigenvalue weighted by Crippen LogP contribution is -2.08. The molecule has 3 rings (SSSR count). The van der Waals surface area contributed by atoms with Gasteiger partial charge in [-0.2, -0.15) is 0 Å². The third-order valence-corrected chi connectivity index (χ3v) is 4.38. The molecule has 0 fully saturated rings. The first-order valence-electron chi connectivity index (χ1n) is 6.90. The quantitative estimate of drug-likeness (QED) is 0.792. The number of esters is 1.